The summed E-state index contributed by atoms with van der Waals surface area (Å²) in [6.07, 6.45) is 2.05. The number of nitrogens with two attached hydrogens (primary N) is 1. The van der Waals surface area contributed by atoms with Crippen LogP contribution in [0, 0.1) is 11.3 Å². The van der Waals surface area contributed by atoms with Gasteiger partial charge in [-0.2, -0.15) is 0 Å². The standard InChI is InChI=1S/C17H26N4O3/c1-11(15(18)23)8-9-13(22)21-14(17(2,3)4)16(24)20-12-7-5-6-10-19-12/h5-7,10-11,14H,8-9H2,1-4H3,(H2,18,23)(H,21,22)(H,19,20,24)/t11?,14-/m1/s1. The van der Waals surface area contributed by atoms with Gasteiger partial charge in [0.2, 0.25) is 17.7 Å². The fraction of sp³-hybridized carbons (Fsp3) is 0.529. The third-order valence-electron chi connectivity index (χ3n) is 3.64. The summed E-state index contributed by atoms with van der Waals surface area (Å²) in [7, 11) is 0. The lowest BCUT2D eigenvalue weighted by Gasteiger charge is -2.30. The molecule has 132 valence electrons. The lowest BCUT2D eigenvalue weighted by Crippen LogP contribution is -2.51. The molecule has 3 amide bonds. The highest BCUT2D eigenvalue weighted by atomic mass is 16.2. The minimum atomic E-state index is -0.726. The number of pyridine rings is 1. The first-order valence-corrected chi connectivity index (χ1v) is 7.92. The lowest BCUT2D eigenvalue weighted by atomic mass is 9.86. The van der Waals surface area contributed by atoms with E-state index in [2.05, 4.69) is 15.6 Å². The SMILES string of the molecule is CC(CCC(=O)N[C@H](C(=O)Nc1ccccn1)C(C)(C)C)C(N)=O. The Bertz CT molecular complexity index is 581. The van der Waals surface area contributed by atoms with Crippen LogP contribution in [-0.2, 0) is 14.4 Å². The summed E-state index contributed by atoms with van der Waals surface area (Å²) in [6, 6.07) is 4.46. The highest BCUT2D eigenvalue weighted by molar-refractivity contribution is 5.97. The third kappa shape index (κ3) is 6.36. The molecule has 0 aromatic carbocycles. The highest BCUT2D eigenvalue weighted by Gasteiger charge is 2.33. The van der Waals surface area contributed by atoms with E-state index in [-0.39, 0.29) is 24.2 Å². The number of rotatable bonds is 7. The molecule has 7 heteroatoms. The van der Waals surface area contributed by atoms with Crippen LogP contribution in [0.5, 0.6) is 0 Å². The van der Waals surface area contributed by atoms with Crippen molar-refractivity contribution < 1.29 is 14.4 Å². The Hall–Kier alpha value is -2.44. The van der Waals surface area contributed by atoms with Gasteiger partial charge in [-0.3, -0.25) is 14.4 Å². The van der Waals surface area contributed by atoms with E-state index in [1.54, 1.807) is 31.3 Å². The van der Waals surface area contributed by atoms with Crippen LogP contribution >= 0.6 is 0 Å². The second-order valence-corrected chi connectivity index (χ2v) is 6.91. The van der Waals surface area contributed by atoms with Crippen molar-refractivity contribution in [2.75, 3.05) is 5.32 Å². The van der Waals surface area contributed by atoms with E-state index in [0.717, 1.165) is 0 Å². The Morgan fingerprint density at radius 3 is 2.42 bits per heavy atom. The third-order valence-corrected chi connectivity index (χ3v) is 3.64. The van der Waals surface area contributed by atoms with Gasteiger partial charge in [-0.05, 0) is 24.0 Å². The van der Waals surface area contributed by atoms with Crippen LogP contribution in [0.25, 0.3) is 0 Å². The van der Waals surface area contributed by atoms with Crippen LogP contribution in [-0.4, -0.2) is 28.7 Å². The minimum absolute atomic E-state index is 0.132. The smallest absolute Gasteiger partial charge is 0.248 e. The van der Waals surface area contributed by atoms with E-state index < -0.39 is 17.4 Å². The zero-order valence-corrected chi connectivity index (χ0v) is 14.6. The molecular weight excluding hydrogens is 308 g/mol. The summed E-state index contributed by atoms with van der Waals surface area (Å²) in [6.45, 7) is 7.26. The van der Waals surface area contributed by atoms with Gasteiger partial charge in [0.1, 0.15) is 11.9 Å². The predicted molar refractivity (Wildman–Crippen MR) is 91.8 cm³/mol. The van der Waals surface area contributed by atoms with E-state index in [1.165, 1.54) is 0 Å². The number of anilines is 1. The zero-order valence-electron chi connectivity index (χ0n) is 14.6. The van der Waals surface area contributed by atoms with Gasteiger partial charge in [-0.25, -0.2) is 4.98 Å². The van der Waals surface area contributed by atoms with Crippen LogP contribution < -0.4 is 16.4 Å². The summed E-state index contributed by atoms with van der Waals surface area (Å²) < 4.78 is 0. The molecule has 0 bridgehead atoms. The number of hydrogen-bond acceptors (Lipinski definition) is 4. The number of aromatic nitrogens is 1. The number of carbonyl (C=O) groups is 3. The van der Waals surface area contributed by atoms with Gasteiger partial charge >= 0.3 is 0 Å². The van der Waals surface area contributed by atoms with Crippen LogP contribution in [0.2, 0.25) is 0 Å². The summed E-state index contributed by atoms with van der Waals surface area (Å²) >= 11 is 0. The van der Waals surface area contributed by atoms with Gasteiger partial charge in [-0.1, -0.05) is 33.8 Å². The highest BCUT2D eigenvalue weighted by Crippen LogP contribution is 2.21. The number of hydrogen-bond donors (Lipinski definition) is 3. The van der Waals surface area contributed by atoms with Crippen molar-refractivity contribution >= 4 is 23.5 Å². The molecular formula is C17H26N4O3. The molecule has 2 atom stereocenters. The maximum atomic E-state index is 12.5. The van der Waals surface area contributed by atoms with Crippen molar-refractivity contribution in [1.82, 2.24) is 10.3 Å². The monoisotopic (exact) mass is 334 g/mol. The topological polar surface area (TPSA) is 114 Å². The van der Waals surface area contributed by atoms with Crippen LogP contribution in [0.3, 0.4) is 0 Å². The summed E-state index contributed by atoms with van der Waals surface area (Å²) in [5, 5.41) is 5.44. The second kappa shape index (κ2) is 8.42. The normalized spacial score (nSPS) is 13.7. The van der Waals surface area contributed by atoms with Gasteiger partial charge < -0.3 is 16.4 Å². The molecule has 0 aliphatic rings. The number of amides is 3. The number of nitrogens with one attached hydrogen (secondary N) is 2. The van der Waals surface area contributed by atoms with Crippen molar-refractivity contribution in [3.8, 4) is 0 Å². The molecule has 0 aliphatic heterocycles. The average molecular weight is 334 g/mol. The average Bonchev–Trinajstić information content (AvgIpc) is 2.49. The molecule has 24 heavy (non-hydrogen) atoms. The van der Waals surface area contributed by atoms with E-state index >= 15 is 0 Å². The fourth-order valence-electron chi connectivity index (χ4n) is 2.03. The van der Waals surface area contributed by atoms with E-state index in [4.69, 9.17) is 5.73 Å². The Balaban J connectivity index is 2.70. The molecule has 0 saturated heterocycles. The first kappa shape index (κ1) is 19.6. The maximum absolute atomic E-state index is 12.5. The van der Waals surface area contributed by atoms with Gasteiger partial charge in [0.05, 0.1) is 0 Å². The molecule has 4 N–H and O–H groups in total. The largest absolute Gasteiger partial charge is 0.369 e. The molecule has 0 radical (unpaired) electrons. The van der Waals surface area contributed by atoms with E-state index in [1.807, 2.05) is 20.8 Å². The molecule has 1 rings (SSSR count). The molecule has 1 unspecified atom stereocenters. The van der Waals surface area contributed by atoms with Crippen molar-refractivity contribution in [2.24, 2.45) is 17.1 Å². The molecule has 0 aliphatic carbocycles. The number of primary amides is 1. The van der Waals surface area contributed by atoms with Crippen molar-refractivity contribution in [1.29, 1.82) is 0 Å². The van der Waals surface area contributed by atoms with Crippen LogP contribution in [0.4, 0.5) is 5.82 Å². The molecule has 1 aromatic rings. The fourth-order valence-corrected chi connectivity index (χ4v) is 2.03. The molecule has 0 saturated carbocycles. The summed E-state index contributed by atoms with van der Waals surface area (Å²) in [5.74, 6) is -1.03. The van der Waals surface area contributed by atoms with Crippen LogP contribution in [0.1, 0.15) is 40.5 Å². The minimum Gasteiger partial charge on any atom is -0.369 e. The van der Waals surface area contributed by atoms with Gasteiger partial charge in [0, 0.05) is 18.5 Å². The molecule has 7 nitrogen and oxygen atoms in total. The molecule has 1 aromatic heterocycles. The molecule has 0 fully saturated rings. The maximum Gasteiger partial charge on any atom is 0.248 e. The zero-order chi connectivity index (χ0) is 18.3. The van der Waals surface area contributed by atoms with Crippen LogP contribution in [0.15, 0.2) is 24.4 Å². The second-order valence-electron chi connectivity index (χ2n) is 6.91. The summed E-state index contributed by atoms with van der Waals surface area (Å²) in [4.78, 5) is 39.7. The first-order valence-electron chi connectivity index (χ1n) is 7.92. The predicted octanol–water partition coefficient (Wildman–Crippen LogP) is 1.45. The Labute approximate surface area is 142 Å². The molecule has 1 heterocycles. The Morgan fingerprint density at radius 1 is 1.25 bits per heavy atom. The van der Waals surface area contributed by atoms with Crippen molar-refractivity contribution in [2.45, 2.75) is 46.6 Å². The number of nitrogens with zero attached hydrogens (tertiary/aromatic N) is 1. The Morgan fingerprint density at radius 2 is 1.92 bits per heavy atom. The number of carbonyl (C=O) groups excluding carboxylic acids is 3. The lowest BCUT2D eigenvalue weighted by molar-refractivity contribution is -0.129. The van der Waals surface area contributed by atoms with Crippen molar-refractivity contribution in [3.63, 3.8) is 0 Å². The first-order chi connectivity index (χ1) is 11.1. The van der Waals surface area contributed by atoms with Gasteiger partial charge in [0.15, 0.2) is 0 Å². The Kier molecular flexibility index (Phi) is 6.88. The van der Waals surface area contributed by atoms with Crippen molar-refractivity contribution in [3.05, 3.63) is 24.4 Å². The van der Waals surface area contributed by atoms with E-state index in [9.17, 15) is 14.4 Å². The van der Waals surface area contributed by atoms with Gasteiger partial charge in [-0.15, -0.1) is 0 Å². The summed E-state index contributed by atoms with van der Waals surface area (Å²) in [5.41, 5.74) is 4.70. The molecule has 0 spiro atoms. The van der Waals surface area contributed by atoms with Gasteiger partial charge in [0.25, 0.3) is 0 Å². The quantitative estimate of drug-likeness (QED) is 0.700. The van der Waals surface area contributed by atoms with E-state index in [0.29, 0.717) is 12.2 Å².